The van der Waals surface area contributed by atoms with E-state index in [0.717, 1.165) is 0 Å². The van der Waals surface area contributed by atoms with Crippen LogP contribution in [0.1, 0.15) is 10.4 Å². The fourth-order valence-corrected chi connectivity index (χ4v) is 1.58. The first-order chi connectivity index (χ1) is 8.61. The molecule has 7 heteroatoms. The second-order valence-corrected chi connectivity index (χ2v) is 4.06. The average molecular weight is 286 g/mol. The van der Waals surface area contributed by atoms with Crippen LogP contribution in [0.4, 0.5) is 15.9 Å². The predicted octanol–water partition coefficient (Wildman–Crippen LogP) is 3.48. The molecule has 0 aliphatic heterocycles. The van der Waals surface area contributed by atoms with Gasteiger partial charge in [-0.15, -0.1) is 0 Å². The third-order valence-corrected chi connectivity index (χ3v) is 2.74. The van der Waals surface area contributed by atoms with Crippen molar-refractivity contribution in [2.75, 3.05) is 5.32 Å². The smallest absolute Gasteiger partial charge is 0.156 e. The first-order valence-corrected chi connectivity index (χ1v) is 5.55. The molecule has 4 nitrogen and oxygen atoms in total. The summed E-state index contributed by atoms with van der Waals surface area (Å²) in [5, 5.41) is 2.80. The van der Waals surface area contributed by atoms with Gasteiger partial charge in [0, 0.05) is 5.69 Å². The van der Waals surface area contributed by atoms with Gasteiger partial charge in [-0.05, 0) is 18.2 Å². The van der Waals surface area contributed by atoms with Crippen LogP contribution in [-0.2, 0) is 0 Å². The number of benzene rings is 1. The van der Waals surface area contributed by atoms with Gasteiger partial charge in [0.25, 0.3) is 0 Å². The van der Waals surface area contributed by atoms with E-state index < -0.39 is 5.82 Å². The van der Waals surface area contributed by atoms with Crippen molar-refractivity contribution in [3.63, 3.8) is 0 Å². The Labute approximate surface area is 112 Å². The van der Waals surface area contributed by atoms with Crippen LogP contribution in [0, 0.1) is 5.82 Å². The van der Waals surface area contributed by atoms with Crippen molar-refractivity contribution in [2.24, 2.45) is 0 Å². The van der Waals surface area contributed by atoms with Crippen LogP contribution in [-0.4, -0.2) is 16.3 Å². The number of carbonyl (C=O) groups is 1. The molecule has 0 amide bonds. The molecule has 0 unspecified atom stereocenters. The molecule has 1 N–H and O–H groups in total. The van der Waals surface area contributed by atoms with Crippen LogP contribution in [0.25, 0.3) is 0 Å². The third-order valence-electron chi connectivity index (χ3n) is 2.14. The van der Waals surface area contributed by atoms with Gasteiger partial charge in [0.15, 0.2) is 6.29 Å². The van der Waals surface area contributed by atoms with Gasteiger partial charge in [-0.25, -0.2) is 14.4 Å². The van der Waals surface area contributed by atoms with Gasteiger partial charge < -0.3 is 5.32 Å². The SMILES string of the molecule is O=Cc1c(Cl)ncnc1Nc1ccc(Cl)c(F)c1. The van der Waals surface area contributed by atoms with Gasteiger partial charge in [0.2, 0.25) is 0 Å². The Kier molecular flexibility index (Phi) is 3.74. The standard InChI is InChI=1S/C11H6Cl2FN3O/c12-8-2-1-6(3-9(8)14)17-11-7(4-18)10(13)15-5-16-11/h1-5H,(H,15,16,17). The Morgan fingerprint density at radius 3 is 2.72 bits per heavy atom. The molecule has 0 aliphatic carbocycles. The van der Waals surface area contributed by atoms with Gasteiger partial charge in [-0.2, -0.15) is 0 Å². The Hall–Kier alpha value is -1.72. The summed E-state index contributed by atoms with van der Waals surface area (Å²) in [7, 11) is 0. The zero-order valence-electron chi connectivity index (χ0n) is 8.82. The van der Waals surface area contributed by atoms with Gasteiger partial charge in [0.05, 0.1) is 10.6 Å². The number of nitrogens with one attached hydrogen (secondary N) is 1. The quantitative estimate of drug-likeness (QED) is 0.693. The summed E-state index contributed by atoms with van der Waals surface area (Å²) in [6.45, 7) is 0. The number of anilines is 2. The monoisotopic (exact) mass is 285 g/mol. The fourth-order valence-electron chi connectivity index (χ4n) is 1.29. The topological polar surface area (TPSA) is 54.9 Å². The van der Waals surface area contributed by atoms with E-state index in [-0.39, 0.29) is 21.6 Å². The average Bonchev–Trinajstić information content (AvgIpc) is 2.34. The van der Waals surface area contributed by atoms with Crippen LogP contribution in [0.5, 0.6) is 0 Å². The van der Waals surface area contributed by atoms with Crippen LogP contribution >= 0.6 is 23.2 Å². The van der Waals surface area contributed by atoms with E-state index in [1.807, 2.05) is 0 Å². The predicted molar refractivity (Wildman–Crippen MR) is 67.1 cm³/mol. The Balaban J connectivity index is 2.36. The van der Waals surface area contributed by atoms with Crippen molar-refractivity contribution in [1.82, 2.24) is 9.97 Å². The molecular formula is C11H6Cl2FN3O. The first-order valence-electron chi connectivity index (χ1n) is 4.79. The summed E-state index contributed by atoms with van der Waals surface area (Å²) in [4.78, 5) is 18.4. The molecule has 1 aromatic heterocycles. The highest BCUT2D eigenvalue weighted by Gasteiger charge is 2.10. The van der Waals surface area contributed by atoms with E-state index in [2.05, 4.69) is 15.3 Å². The zero-order valence-corrected chi connectivity index (χ0v) is 10.3. The fraction of sp³-hybridized carbons (Fsp3) is 0. The molecule has 92 valence electrons. The van der Waals surface area contributed by atoms with Crippen molar-refractivity contribution < 1.29 is 9.18 Å². The molecule has 2 rings (SSSR count). The Bertz CT molecular complexity index is 607. The van der Waals surface area contributed by atoms with E-state index in [4.69, 9.17) is 23.2 Å². The molecule has 0 aliphatic rings. The van der Waals surface area contributed by atoms with E-state index in [1.54, 1.807) is 6.07 Å². The number of rotatable bonds is 3. The summed E-state index contributed by atoms with van der Waals surface area (Å²) in [5.41, 5.74) is 0.504. The van der Waals surface area contributed by atoms with Crippen LogP contribution in [0.3, 0.4) is 0 Å². The number of nitrogens with zero attached hydrogens (tertiary/aromatic N) is 2. The molecule has 0 atom stereocenters. The molecule has 1 heterocycles. The van der Waals surface area contributed by atoms with Crippen LogP contribution < -0.4 is 5.32 Å². The molecule has 0 spiro atoms. The molecule has 18 heavy (non-hydrogen) atoms. The maximum absolute atomic E-state index is 13.2. The summed E-state index contributed by atoms with van der Waals surface area (Å²) < 4.78 is 13.2. The number of hydrogen-bond acceptors (Lipinski definition) is 4. The summed E-state index contributed by atoms with van der Waals surface area (Å²) in [6, 6.07) is 4.13. The van der Waals surface area contributed by atoms with Gasteiger partial charge in [0.1, 0.15) is 23.1 Å². The van der Waals surface area contributed by atoms with Crippen molar-refractivity contribution in [2.45, 2.75) is 0 Å². The molecule has 0 saturated heterocycles. The Morgan fingerprint density at radius 2 is 2.06 bits per heavy atom. The van der Waals surface area contributed by atoms with Gasteiger partial charge in [-0.3, -0.25) is 4.79 Å². The van der Waals surface area contributed by atoms with Crippen molar-refractivity contribution >= 4 is 41.0 Å². The number of aldehydes is 1. The third kappa shape index (κ3) is 2.57. The minimum Gasteiger partial charge on any atom is -0.339 e. The summed E-state index contributed by atoms with van der Waals surface area (Å²) >= 11 is 11.3. The molecule has 1 aromatic carbocycles. The maximum Gasteiger partial charge on any atom is 0.156 e. The lowest BCUT2D eigenvalue weighted by Crippen LogP contribution is -2.00. The Morgan fingerprint density at radius 1 is 1.28 bits per heavy atom. The van der Waals surface area contributed by atoms with E-state index in [1.165, 1.54) is 18.5 Å². The zero-order chi connectivity index (χ0) is 13.1. The van der Waals surface area contributed by atoms with Gasteiger partial charge >= 0.3 is 0 Å². The van der Waals surface area contributed by atoms with Crippen molar-refractivity contribution in [1.29, 1.82) is 0 Å². The minimum atomic E-state index is -0.575. The normalized spacial score (nSPS) is 10.2. The summed E-state index contributed by atoms with van der Waals surface area (Å²) in [5.74, 6) is -0.374. The maximum atomic E-state index is 13.2. The van der Waals surface area contributed by atoms with Crippen molar-refractivity contribution in [3.05, 3.63) is 46.1 Å². The first kappa shape index (κ1) is 12.7. The second-order valence-electron chi connectivity index (χ2n) is 3.30. The molecule has 2 aromatic rings. The largest absolute Gasteiger partial charge is 0.339 e. The highest BCUT2D eigenvalue weighted by Crippen LogP contribution is 2.24. The van der Waals surface area contributed by atoms with E-state index >= 15 is 0 Å². The summed E-state index contributed by atoms with van der Waals surface area (Å²) in [6.07, 6.45) is 1.72. The minimum absolute atomic E-state index is 0.0110. The number of carbonyl (C=O) groups excluding carboxylic acids is 1. The molecule has 0 bridgehead atoms. The lowest BCUT2D eigenvalue weighted by molar-refractivity contribution is 0.112. The van der Waals surface area contributed by atoms with E-state index in [0.29, 0.717) is 12.0 Å². The lowest BCUT2D eigenvalue weighted by atomic mass is 10.3. The number of halogens is 3. The molecular weight excluding hydrogens is 280 g/mol. The molecule has 0 radical (unpaired) electrons. The van der Waals surface area contributed by atoms with Gasteiger partial charge in [-0.1, -0.05) is 23.2 Å². The van der Waals surface area contributed by atoms with E-state index in [9.17, 15) is 9.18 Å². The van der Waals surface area contributed by atoms with Crippen molar-refractivity contribution in [3.8, 4) is 0 Å². The molecule has 0 saturated carbocycles. The number of aromatic nitrogens is 2. The number of hydrogen-bond donors (Lipinski definition) is 1. The van der Waals surface area contributed by atoms with Crippen LogP contribution in [0.2, 0.25) is 10.2 Å². The highest BCUT2D eigenvalue weighted by atomic mass is 35.5. The molecule has 0 fully saturated rings. The second kappa shape index (κ2) is 5.29. The highest BCUT2D eigenvalue weighted by molar-refractivity contribution is 6.32. The van der Waals surface area contributed by atoms with Crippen LogP contribution in [0.15, 0.2) is 24.5 Å². The lowest BCUT2D eigenvalue weighted by Gasteiger charge is -2.08.